The summed E-state index contributed by atoms with van der Waals surface area (Å²) in [4.78, 5) is 19.4. The van der Waals surface area contributed by atoms with E-state index in [1.165, 1.54) is 12.8 Å². The SMILES string of the molecule is CCC(CC)(C(=O)c1cnccc1N)N1CCCC1. The molecule has 0 spiro atoms. The molecular formula is C15H23N3O. The van der Waals surface area contributed by atoms with Crippen molar-refractivity contribution in [1.82, 2.24) is 9.88 Å². The van der Waals surface area contributed by atoms with Crippen LogP contribution < -0.4 is 5.73 Å². The number of carbonyl (C=O) groups excluding carboxylic acids is 1. The summed E-state index contributed by atoms with van der Waals surface area (Å²) in [5.41, 5.74) is 6.64. The lowest BCUT2D eigenvalue weighted by molar-refractivity contribution is 0.0582. The van der Waals surface area contributed by atoms with E-state index in [0.717, 1.165) is 25.9 Å². The van der Waals surface area contributed by atoms with Crippen molar-refractivity contribution >= 4 is 11.5 Å². The average molecular weight is 261 g/mol. The Balaban J connectivity index is 2.38. The van der Waals surface area contributed by atoms with Gasteiger partial charge in [-0.25, -0.2) is 0 Å². The molecule has 4 heteroatoms. The maximum atomic E-state index is 13.0. The Bertz CT molecular complexity index is 448. The van der Waals surface area contributed by atoms with Gasteiger partial charge in [0.05, 0.1) is 11.1 Å². The van der Waals surface area contributed by atoms with Crippen molar-refractivity contribution in [2.24, 2.45) is 0 Å². The highest BCUT2D eigenvalue weighted by Gasteiger charge is 2.42. The van der Waals surface area contributed by atoms with Gasteiger partial charge in [-0.15, -0.1) is 0 Å². The number of aromatic nitrogens is 1. The first-order valence-corrected chi connectivity index (χ1v) is 7.15. The summed E-state index contributed by atoms with van der Waals surface area (Å²) in [6.45, 7) is 6.19. The first kappa shape index (κ1) is 14.0. The number of Topliss-reactive ketones (excluding diaryl/α,β-unsaturated/α-hetero) is 1. The zero-order valence-electron chi connectivity index (χ0n) is 11.9. The maximum absolute atomic E-state index is 13.0. The molecule has 0 saturated carbocycles. The Morgan fingerprint density at radius 3 is 2.53 bits per heavy atom. The van der Waals surface area contributed by atoms with Gasteiger partial charge < -0.3 is 5.73 Å². The van der Waals surface area contributed by atoms with Crippen molar-refractivity contribution in [3.05, 3.63) is 24.0 Å². The minimum atomic E-state index is -0.409. The number of nitrogens with two attached hydrogens (primary N) is 1. The quantitative estimate of drug-likeness (QED) is 0.827. The molecular weight excluding hydrogens is 238 g/mol. The Morgan fingerprint density at radius 1 is 1.37 bits per heavy atom. The minimum absolute atomic E-state index is 0.130. The number of hydrogen-bond donors (Lipinski definition) is 1. The van der Waals surface area contributed by atoms with Crippen LogP contribution in [0.2, 0.25) is 0 Å². The number of rotatable bonds is 5. The molecule has 0 aromatic carbocycles. The Morgan fingerprint density at radius 2 is 2.00 bits per heavy atom. The maximum Gasteiger partial charge on any atom is 0.186 e. The molecule has 1 saturated heterocycles. The number of hydrogen-bond acceptors (Lipinski definition) is 4. The number of anilines is 1. The second-order valence-corrected chi connectivity index (χ2v) is 5.22. The van der Waals surface area contributed by atoms with Gasteiger partial charge in [-0.1, -0.05) is 13.8 Å². The number of likely N-dealkylation sites (tertiary alicyclic amines) is 1. The molecule has 1 aliphatic rings. The van der Waals surface area contributed by atoms with E-state index >= 15 is 0 Å². The molecule has 2 heterocycles. The van der Waals surface area contributed by atoms with Crippen LogP contribution in [0.15, 0.2) is 18.5 Å². The number of nitrogens with zero attached hydrogens (tertiary/aromatic N) is 2. The molecule has 0 bridgehead atoms. The highest BCUT2D eigenvalue weighted by molar-refractivity contribution is 6.06. The molecule has 1 aliphatic heterocycles. The molecule has 0 unspecified atom stereocenters. The van der Waals surface area contributed by atoms with Gasteiger partial charge in [0.15, 0.2) is 5.78 Å². The molecule has 19 heavy (non-hydrogen) atoms. The molecule has 0 atom stereocenters. The lowest BCUT2D eigenvalue weighted by atomic mass is 9.82. The number of carbonyl (C=O) groups is 1. The van der Waals surface area contributed by atoms with E-state index in [2.05, 4.69) is 23.7 Å². The fourth-order valence-corrected chi connectivity index (χ4v) is 3.15. The van der Waals surface area contributed by atoms with E-state index in [4.69, 9.17) is 5.73 Å². The first-order valence-electron chi connectivity index (χ1n) is 7.15. The van der Waals surface area contributed by atoms with Crippen LogP contribution in [-0.4, -0.2) is 34.3 Å². The van der Waals surface area contributed by atoms with E-state index in [9.17, 15) is 4.79 Å². The highest BCUT2D eigenvalue weighted by atomic mass is 16.1. The van der Waals surface area contributed by atoms with Crippen LogP contribution in [-0.2, 0) is 0 Å². The van der Waals surface area contributed by atoms with Crippen LogP contribution in [0.4, 0.5) is 5.69 Å². The molecule has 1 aromatic rings. The van der Waals surface area contributed by atoms with Gasteiger partial charge >= 0.3 is 0 Å². The third kappa shape index (κ3) is 2.37. The van der Waals surface area contributed by atoms with Gasteiger partial charge in [0.1, 0.15) is 0 Å². The van der Waals surface area contributed by atoms with E-state index in [0.29, 0.717) is 11.3 Å². The van der Waals surface area contributed by atoms with Gasteiger partial charge in [-0.3, -0.25) is 14.7 Å². The highest BCUT2D eigenvalue weighted by Crippen LogP contribution is 2.32. The zero-order chi connectivity index (χ0) is 13.9. The van der Waals surface area contributed by atoms with E-state index in [-0.39, 0.29) is 5.78 Å². The van der Waals surface area contributed by atoms with E-state index < -0.39 is 5.54 Å². The van der Waals surface area contributed by atoms with Crippen LogP contribution in [0.5, 0.6) is 0 Å². The minimum Gasteiger partial charge on any atom is -0.398 e. The smallest absolute Gasteiger partial charge is 0.186 e. The number of pyridine rings is 1. The monoisotopic (exact) mass is 261 g/mol. The largest absolute Gasteiger partial charge is 0.398 e. The van der Waals surface area contributed by atoms with Gasteiger partial charge in [-0.2, -0.15) is 0 Å². The lowest BCUT2D eigenvalue weighted by Gasteiger charge is -2.39. The van der Waals surface area contributed by atoms with Gasteiger partial charge in [0, 0.05) is 18.1 Å². The fraction of sp³-hybridized carbons (Fsp3) is 0.600. The summed E-state index contributed by atoms with van der Waals surface area (Å²) < 4.78 is 0. The summed E-state index contributed by atoms with van der Waals surface area (Å²) in [6.07, 6.45) is 7.22. The molecule has 0 aliphatic carbocycles. The van der Waals surface area contributed by atoms with Gasteiger partial charge in [-0.05, 0) is 44.8 Å². The van der Waals surface area contributed by atoms with Crippen molar-refractivity contribution < 1.29 is 4.79 Å². The molecule has 0 radical (unpaired) electrons. The van der Waals surface area contributed by atoms with Crippen molar-refractivity contribution in [3.8, 4) is 0 Å². The second kappa shape index (κ2) is 5.70. The molecule has 1 aromatic heterocycles. The Labute approximate surface area is 115 Å². The van der Waals surface area contributed by atoms with Crippen LogP contribution in [0.25, 0.3) is 0 Å². The second-order valence-electron chi connectivity index (χ2n) is 5.22. The average Bonchev–Trinajstić information content (AvgIpc) is 2.96. The van der Waals surface area contributed by atoms with E-state index in [1.807, 2.05) is 0 Å². The third-order valence-corrected chi connectivity index (χ3v) is 4.40. The fourth-order valence-electron chi connectivity index (χ4n) is 3.15. The predicted octanol–water partition coefficient (Wildman–Crippen LogP) is 2.50. The molecule has 0 amide bonds. The summed E-state index contributed by atoms with van der Waals surface area (Å²) in [5.74, 6) is 0.130. The van der Waals surface area contributed by atoms with Crippen molar-refractivity contribution in [2.45, 2.75) is 45.1 Å². The normalized spacial score (nSPS) is 16.7. The lowest BCUT2D eigenvalue weighted by Crippen LogP contribution is -2.52. The van der Waals surface area contributed by atoms with E-state index in [1.54, 1.807) is 18.5 Å². The summed E-state index contributed by atoms with van der Waals surface area (Å²) in [6, 6.07) is 1.70. The molecule has 2 rings (SSSR count). The van der Waals surface area contributed by atoms with Crippen LogP contribution in [0.1, 0.15) is 49.9 Å². The zero-order valence-corrected chi connectivity index (χ0v) is 11.9. The summed E-state index contributed by atoms with van der Waals surface area (Å²) in [5, 5.41) is 0. The molecule has 1 fully saturated rings. The van der Waals surface area contributed by atoms with Gasteiger partial charge in [0.25, 0.3) is 0 Å². The van der Waals surface area contributed by atoms with Crippen LogP contribution in [0, 0.1) is 0 Å². The van der Waals surface area contributed by atoms with Crippen molar-refractivity contribution in [3.63, 3.8) is 0 Å². The topological polar surface area (TPSA) is 59.2 Å². The Kier molecular flexibility index (Phi) is 4.20. The van der Waals surface area contributed by atoms with Gasteiger partial charge in [0.2, 0.25) is 0 Å². The summed E-state index contributed by atoms with van der Waals surface area (Å²) >= 11 is 0. The Hall–Kier alpha value is -1.42. The molecule has 104 valence electrons. The first-order chi connectivity index (χ1) is 9.15. The number of ketones is 1. The third-order valence-electron chi connectivity index (χ3n) is 4.40. The molecule has 4 nitrogen and oxygen atoms in total. The predicted molar refractivity (Wildman–Crippen MR) is 77.1 cm³/mol. The van der Waals surface area contributed by atoms with Crippen LogP contribution >= 0.6 is 0 Å². The standard InChI is InChI=1S/C15H23N3O/c1-3-15(4-2,18-9-5-6-10-18)14(19)12-11-17-8-7-13(12)16/h7-8,11H,3-6,9-10H2,1-2H3,(H2,16,17). The van der Waals surface area contributed by atoms with Crippen LogP contribution in [0.3, 0.4) is 0 Å². The van der Waals surface area contributed by atoms with Crippen molar-refractivity contribution in [2.75, 3.05) is 18.8 Å². The summed E-state index contributed by atoms with van der Waals surface area (Å²) in [7, 11) is 0. The van der Waals surface area contributed by atoms with Crippen molar-refractivity contribution in [1.29, 1.82) is 0 Å². The number of nitrogen functional groups attached to an aromatic ring is 1. The molecule has 2 N–H and O–H groups in total.